The molecule has 1 saturated heterocycles. The molecular formula is C14H27NO5. The average molecular weight is 289 g/mol. The maximum absolute atomic E-state index is 6.12. The molecule has 1 saturated carbocycles. The number of hydrogen-bond acceptors (Lipinski definition) is 6. The van der Waals surface area contributed by atoms with Crippen molar-refractivity contribution in [3.63, 3.8) is 0 Å². The van der Waals surface area contributed by atoms with Crippen LogP contribution in [0, 0.1) is 0 Å². The summed E-state index contributed by atoms with van der Waals surface area (Å²) < 4.78 is 27.7. The Kier molecular flexibility index (Phi) is 6.67. The predicted octanol–water partition coefficient (Wildman–Crippen LogP) is 0.679. The molecule has 1 heterocycles. The molecule has 6 heteroatoms. The lowest BCUT2D eigenvalue weighted by atomic mass is 9.88. The van der Waals surface area contributed by atoms with E-state index in [2.05, 4.69) is 0 Å². The van der Waals surface area contributed by atoms with Gasteiger partial charge in [-0.3, -0.25) is 0 Å². The molecule has 0 amide bonds. The summed E-state index contributed by atoms with van der Waals surface area (Å²) in [5, 5.41) is 0. The van der Waals surface area contributed by atoms with Crippen molar-refractivity contribution in [2.45, 2.75) is 43.6 Å². The second-order valence-corrected chi connectivity index (χ2v) is 5.38. The van der Waals surface area contributed by atoms with Crippen molar-refractivity contribution in [3.05, 3.63) is 0 Å². The lowest BCUT2D eigenvalue weighted by Gasteiger charge is -2.39. The zero-order chi connectivity index (χ0) is 14.3. The van der Waals surface area contributed by atoms with Crippen molar-refractivity contribution in [1.29, 1.82) is 0 Å². The third kappa shape index (κ3) is 4.65. The normalized spacial score (nSPS) is 29.1. The van der Waals surface area contributed by atoms with E-state index in [1.165, 1.54) is 0 Å². The highest BCUT2D eigenvalue weighted by atomic mass is 16.7. The molecule has 0 aromatic rings. The summed E-state index contributed by atoms with van der Waals surface area (Å²) in [6.45, 7) is 3.91. The summed E-state index contributed by atoms with van der Waals surface area (Å²) >= 11 is 0. The third-order valence-corrected chi connectivity index (χ3v) is 3.86. The van der Waals surface area contributed by atoms with E-state index in [0.29, 0.717) is 33.0 Å². The van der Waals surface area contributed by atoms with E-state index in [0.717, 1.165) is 32.3 Å². The van der Waals surface area contributed by atoms with Crippen molar-refractivity contribution < 1.29 is 23.7 Å². The second-order valence-electron chi connectivity index (χ2n) is 5.38. The molecule has 2 aliphatic rings. The Hall–Kier alpha value is -0.240. The van der Waals surface area contributed by atoms with E-state index >= 15 is 0 Å². The fourth-order valence-corrected chi connectivity index (χ4v) is 2.74. The van der Waals surface area contributed by atoms with Gasteiger partial charge in [-0.1, -0.05) is 0 Å². The molecule has 1 spiro atoms. The maximum Gasteiger partial charge on any atom is 0.171 e. The molecular weight excluding hydrogens is 262 g/mol. The summed E-state index contributed by atoms with van der Waals surface area (Å²) in [4.78, 5) is 0. The highest BCUT2D eigenvalue weighted by Crippen LogP contribution is 2.36. The third-order valence-electron chi connectivity index (χ3n) is 3.86. The van der Waals surface area contributed by atoms with Gasteiger partial charge in [0.1, 0.15) is 0 Å². The molecule has 118 valence electrons. The minimum absolute atomic E-state index is 0.00979. The van der Waals surface area contributed by atoms with Gasteiger partial charge in [0.2, 0.25) is 0 Å². The zero-order valence-electron chi connectivity index (χ0n) is 12.3. The van der Waals surface area contributed by atoms with Crippen LogP contribution in [-0.2, 0) is 23.7 Å². The van der Waals surface area contributed by atoms with E-state index in [9.17, 15) is 0 Å². The lowest BCUT2D eigenvalue weighted by molar-refractivity contribution is -0.206. The van der Waals surface area contributed by atoms with Gasteiger partial charge < -0.3 is 29.4 Å². The molecule has 2 rings (SSSR count). The monoisotopic (exact) mass is 289 g/mol. The topological polar surface area (TPSA) is 72.2 Å². The molecule has 0 aromatic carbocycles. The van der Waals surface area contributed by atoms with Crippen LogP contribution in [-0.4, -0.2) is 64.7 Å². The first-order valence-corrected chi connectivity index (χ1v) is 7.47. The fourth-order valence-electron chi connectivity index (χ4n) is 2.74. The Balaban J connectivity index is 1.61. The molecule has 2 N–H and O–H groups in total. The second kappa shape index (κ2) is 8.26. The Bertz CT molecular complexity index is 270. The zero-order valence-corrected chi connectivity index (χ0v) is 12.3. The summed E-state index contributed by atoms with van der Waals surface area (Å²) in [5.74, 6) is -0.445. The average Bonchev–Trinajstić information content (AvgIpc) is 2.90. The van der Waals surface area contributed by atoms with E-state index < -0.39 is 5.79 Å². The van der Waals surface area contributed by atoms with Crippen molar-refractivity contribution >= 4 is 0 Å². The summed E-state index contributed by atoms with van der Waals surface area (Å²) in [6.07, 6.45) is 3.35. The molecule has 20 heavy (non-hydrogen) atoms. The molecule has 2 fully saturated rings. The Morgan fingerprint density at radius 2 is 1.95 bits per heavy atom. The first kappa shape index (κ1) is 16.1. The van der Waals surface area contributed by atoms with Crippen LogP contribution in [0.1, 0.15) is 25.7 Å². The highest BCUT2D eigenvalue weighted by molar-refractivity contribution is 4.90. The predicted molar refractivity (Wildman–Crippen MR) is 73.5 cm³/mol. The van der Waals surface area contributed by atoms with Crippen molar-refractivity contribution in [2.24, 2.45) is 5.73 Å². The first-order valence-electron chi connectivity index (χ1n) is 7.47. The molecule has 1 aliphatic heterocycles. The smallest absolute Gasteiger partial charge is 0.171 e. The summed E-state index contributed by atoms with van der Waals surface area (Å²) in [6, 6.07) is 0.0573. The van der Waals surface area contributed by atoms with Crippen LogP contribution in [0.2, 0.25) is 0 Å². The van der Waals surface area contributed by atoms with Gasteiger partial charge in [-0.05, 0) is 12.8 Å². The van der Waals surface area contributed by atoms with E-state index in [-0.39, 0.29) is 12.1 Å². The summed E-state index contributed by atoms with van der Waals surface area (Å²) in [5.41, 5.74) is 6.12. The Morgan fingerprint density at radius 3 is 2.70 bits per heavy atom. The van der Waals surface area contributed by atoms with Crippen molar-refractivity contribution in [3.8, 4) is 0 Å². The minimum Gasteiger partial charge on any atom is -0.385 e. The van der Waals surface area contributed by atoms with Crippen LogP contribution in [0.4, 0.5) is 0 Å². The van der Waals surface area contributed by atoms with Gasteiger partial charge in [0.15, 0.2) is 5.79 Å². The fraction of sp³-hybridized carbons (Fsp3) is 1.00. The van der Waals surface area contributed by atoms with Crippen LogP contribution in [0.25, 0.3) is 0 Å². The van der Waals surface area contributed by atoms with Gasteiger partial charge >= 0.3 is 0 Å². The van der Waals surface area contributed by atoms with Crippen LogP contribution >= 0.6 is 0 Å². The van der Waals surface area contributed by atoms with Crippen LogP contribution in [0.3, 0.4) is 0 Å². The molecule has 1 aliphatic carbocycles. The first-order chi connectivity index (χ1) is 9.76. The van der Waals surface area contributed by atoms with Gasteiger partial charge in [0.25, 0.3) is 0 Å². The number of rotatable bonds is 8. The Morgan fingerprint density at radius 1 is 1.15 bits per heavy atom. The molecule has 0 radical (unpaired) electrons. The largest absolute Gasteiger partial charge is 0.385 e. The quantitative estimate of drug-likeness (QED) is 0.663. The Labute approximate surface area is 120 Å². The number of ether oxygens (including phenoxy) is 5. The van der Waals surface area contributed by atoms with Crippen LogP contribution < -0.4 is 5.73 Å². The van der Waals surface area contributed by atoms with E-state index in [1.807, 2.05) is 0 Å². The van der Waals surface area contributed by atoms with E-state index in [1.54, 1.807) is 7.11 Å². The van der Waals surface area contributed by atoms with Crippen molar-refractivity contribution in [1.82, 2.24) is 0 Å². The van der Waals surface area contributed by atoms with E-state index in [4.69, 9.17) is 29.4 Å². The minimum atomic E-state index is -0.445. The highest BCUT2D eigenvalue weighted by Gasteiger charge is 2.44. The molecule has 2 unspecified atom stereocenters. The molecule has 6 nitrogen and oxygen atoms in total. The molecule has 0 aromatic heterocycles. The van der Waals surface area contributed by atoms with Gasteiger partial charge in [-0.2, -0.15) is 0 Å². The van der Waals surface area contributed by atoms with Gasteiger partial charge in [-0.25, -0.2) is 0 Å². The van der Waals surface area contributed by atoms with Crippen molar-refractivity contribution in [2.75, 3.05) is 46.8 Å². The number of nitrogens with two attached hydrogens (primary N) is 1. The van der Waals surface area contributed by atoms with Gasteiger partial charge in [-0.15, -0.1) is 0 Å². The number of methoxy groups -OCH3 is 1. The summed E-state index contributed by atoms with van der Waals surface area (Å²) in [7, 11) is 1.69. The molecule has 2 atom stereocenters. The standard InChI is InChI=1S/C14H27NO5/c1-16-5-2-6-17-7-8-18-13-11-14(4-3-12(13)15)19-9-10-20-14/h12-13H,2-11,15H2,1H3. The van der Waals surface area contributed by atoms with Crippen LogP contribution in [0.5, 0.6) is 0 Å². The van der Waals surface area contributed by atoms with Gasteiger partial charge in [0.05, 0.1) is 32.5 Å². The number of hydrogen-bond donors (Lipinski definition) is 1. The lowest BCUT2D eigenvalue weighted by Crippen LogP contribution is -2.50. The van der Waals surface area contributed by atoms with Crippen LogP contribution in [0.15, 0.2) is 0 Å². The SMILES string of the molecule is COCCCOCCOC1CC2(CCC1N)OCCO2. The molecule has 0 bridgehead atoms. The van der Waals surface area contributed by atoms with Gasteiger partial charge in [0, 0.05) is 39.2 Å². The maximum atomic E-state index is 6.12.